The van der Waals surface area contributed by atoms with Crippen LogP contribution in [0.3, 0.4) is 0 Å². The fourth-order valence-corrected chi connectivity index (χ4v) is 3.18. The van der Waals surface area contributed by atoms with Crippen molar-refractivity contribution in [1.29, 1.82) is 5.26 Å². The molecule has 0 atom stereocenters. The van der Waals surface area contributed by atoms with Gasteiger partial charge in [-0.25, -0.2) is 4.98 Å². The molecule has 0 bridgehead atoms. The first-order valence-electron chi connectivity index (χ1n) is 6.41. The van der Waals surface area contributed by atoms with Crippen molar-refractivity contribution >= 4 is 11.8 Å². The van der Waals surface area contributed by atoms with Crippen molar-refractivity contribution in [2.45, 2.75) is 50.5 Å². The summed E-state index contributed by atoms with van der Waals surface area (Å²) >= 11 is 1.74. The van der Waals surface area contributed by atoms with Gasteiger partial charge in [-0.15, -0.1) is 11.8 Å². The van der Waals surface area contributed by atoms with Gasteiger partial charge in [0.1, 0.15) is 11.1 Å². The fraction of sp³-hybridized carbons (Fsp3) is 0.571. The fourth-order valence-electron chi connectivity index (χ4n) is 2.12. The predicted molar refractivity (Wildman–Crippen MR) is 71.2 cm³/mol. The quantitative estimate of drug-likeness (QED) is 0.600. The van der Waals surface area contributed by atoms with Gasteiger partial charge in [-0.1, -0.05) is 13.3 Å². The number of rotatable bonds is 4. The third-order valence-corrected chi connectivity index (χ3v) is 4.20. The van der Waals surface area contributed by atoms with Crippen LogP contribution in [0.1, 0.15) is 49.4 Å². The van der Waals surface area contributed by atoms with E-state index in [0.29, 0.717) is 0 Å². The second kappa shape index (κ2) is 6.07. The molecule has 0 saturated heterocycles. The van der Waals surface area contributed by atoms with Crippen LogP contribution in [0, 0.1) is 11.3 Å². The Morgan fingerprint density at radius 1 is 1.41 bits per heavy atom. The standard InChI is InChI=1S/C14H18N2S/c1-2-3-8-17-14-12(10-15)9-11-6-4-5-7-13(11)16-14/h9H,2-8H2,1H3. The molecule has 0 aliphatic heterocycles. The molecule has 0 aromatic carbocycles. The molecule has 0 N–H and O–H groups in total. The number of aromatic nitrogens is 1. The lowest BCUT2D eigenvalue weighted by atomic mass is 9.95. The highest BCUT2D eigenvalue weighted by Crippen LogP contribution is 2.27. The Hall–Kier alpha value is -1.01. The summed E-state index contributed by atoms with van der Waals surface area (Å²) in [4.78, 5) is 4.70. The van der Waals surface area contributed by atoms with Crippen LogP contribution in [0.2, 0.25) is 0 Å². The summed E-state index contributed by atoms with van der Waals surface area (Å²) in [6.07, 6.45) is 7.04. The molecule has 1 aromatic heterocycles. The van der Waals surface area contributed by atoms with Crippen molar-refractivity contribution in [2.75, 3.05) is 5.75 Å². The van der Waals surface area contributed by atoms with Crippen LogP contribution in [0.15, 0.2) is 11.1 Å². The van der Waals surface area contributed by atoms with Gasteiger partial charge in [0.15, 0.2) is 0 Å². The van der Waals surface area contributed by atoms with Gasteiger partial charge in [-0.05, 0) is 49.5 Å². The zero-order chi connectivity index (χ0) is 12.1. The van der Waals surface area contributed by atoms with Gasteiger partial charge in [0, 0.05) is 5.69 Å². The van der Waals surface area contributed by atoms with E-state index in [-0.39, 0.29) is 0 Å². The van der Waals surface area contributed by atoms with E-state index in [9.17, 15) is 5.26 Å². The number of hydrogen-bond acceptors (Lipinski definition) is 3. The monoisotopic (exact) mass is 246 g/mol. The molecule has 1 aliphatic rings. The summed E-state index contributed by atoms with van der Waals surface area (Å²) in [5, 5.41) is 10.1. The lowest BCUT2D eigenvalue weighted by Crippen LogP contribution is -2.07. The number of aryl methyl sites for hydroxylation is 2. The smallest absolute Gasteiger partial charge is 0.114 e. The molecule has 0 unspecified atom stereocenters. The maximum Gasteiger partial charge on any atom is 0.114 e. The lowest BCUT2D eigenvalue weighted by molar-refractivity contribution is 0.660. The van der Waals surface area contributed by atoms with Crippen molar-refractivity contribution < 1.29 is 0 Å². The number of unbranched alkanes of at least 4 members (excludes halogenated alkanes) is 1. The van der Waals surface area contributed by atoms with Crippen LogP contribution in [0.4, 0.5) is 0 Å². The van der Waals surface area contributed by atoms with Crippen LogP contribution in [-0.4, -0.2) is 10.7 Å². The summed E-state index contributed by atoms with van der Waals surface area (Å²) in [7, 11) is 0. The van der Waals surface area contributed by atoms with Gasteiger partial charge >= 0.3 is 0 Å². The summed E-state index contributed by atoms with van der Waals surface area (Å²) in [6.45, 7) is 2.19. The molecular weight excluding hydrogens is 228 g/mol. The van der Waals surface area contributed by atoms with Gasteiger partial charge in [0.25, 0.3) is 0 Å². The number of thioether (sulfide) groups is 1. The van der Waals surface area contributed by atoms with Crippen molar-refractivity contribution in [3.8, 4) is 6.07 Å². The maximum atomic E-state index is 9.17. The van der Waals surface area contributed by atoms with E-state index >= 15 is 0 Å². The highest BCUT2D eigenvalue weighted by molar-refractivity contribution is 7.99. The van der Waals surface area contributed by atoms with Crippen LogP contribution in [-0.2, 0) is 12.8 Å². The Kier molecular flexibility index (Phi) is 4.44. The second-order valence-corrected chi connectivity index (χ2v) is 5.55. The van der Waals surface area contributed by atoms with E-state index in [4.69, 9.17) is 4.98 Å². The van der Waals surface area contributed by atoms with Crippen molar-refractivity contribution in [1.82, 2.24) is 4.98 Å². The van der Waals surface area contributed by atoms with E-state index in [1.807, 2.05) is 0 Å². The molecule has 90 valence electrons. The largest absolute Gasteiger partial charge is 0.245 e. The molecular formula is C14H18N2S. The first-order valence-corrected chi connectivity index (χ1v) is 7.39. The molecule has 0 fully saturated rings. The van der Waals surface area contributed by atoms with E-state index in [2.05, 4.69) is 19.1 Å². The minimum Gasteiger partial charge on any atom is -0.245 e. The third kappa shape index (κ3) is 3.01. The lowest BCUT2D eigenvalue weighted by Gasteiger charge is -2.16. The Morgan fingerprint density at radius 3 is 3.00 bits per heavy atom. The topological polar surface area (TPSA) is 36.7 Å². The molecule has 1 aliphatic carbocycles. The summed E-state index contributed by atoms with van der Waals surface area (Å²) in [6, 6.07) is 4.35. The predicted octanol–water partition coefficient (Wildman–Crippen LogP) is 3.72. The molecule has 0 spiro atoms. The van der Waals surface area contributed by atoms with E-state index in [1.54, 1.807) is 11.8 Å². The average Bonchev–Trinajstić information content (AvgIpc) is 2.38. The maximum absolute atomic E-state index is 9.17. The van der Waals surface area contributed by atoms with Gasteiger partial charge in [0.2, 0.25) is 0 Å². The minimum atomic E-state index is 0.770. The average molecular weight is 246 g/mol. The first kappa shape index (κ1) is 12.4. The molecule has 0 radical (unpaired) electrons. The highest BCUT2D eigenvalue weighted by Gasteiger charge is 2.15. The van der Waals surface area contributed by atoms with Crippen LogP contribution < -0.4 is 0 Å². The molecule has 2 rings (SSSR count). The zero-order valence-corrected chi connectivity index (χ0v) is 11.1. The Balaban J connectivity index is 2.21. The molecule has 0 saturated carbocycles. The van der Waals surface area contributed by atoms with E-state index < -0.39 is 0 Å². The highest BCUT2D eigenvalue weighted by atomic mass is 32.2. The Bertz CT molecular complexity index is 435. The molecule has 2 nitrogen and oxygen atoms in total. The molecule has 1 aromatic rings. The van der Waals surface area contributed by atoms with Crippen LogP contribution in [0.25, 0.3) is 0 Å². The molecule has 0 amide bonds. The number of fused-ring (bicyclic) bond motifs is 1. The van der Waals surface area contributed by atoms with Crippen molar-refractivity contribution in [3.05, 3.63) is 22.9 Å². The first-order chi connectivity index (χ1) is 8.35. The summed E-state index contributed by atoms with van der Waals surface area (Å²) in [5.41, 5.74) is 3.30. The molecule has 1 heterocycles. The van der Waals surface area contributed by atoms with Crippen molar-refractivity contribution in [2.24, 2.45) is 0 Å². The van der Waals surface area contributed by atoms with Gasteiger partial charge < -0.3 is 0 Å². The van der Waals surface area contributed by atoms with Gasteiger partial charge in [-0.3, -0.25) is 0 Å². The molecule has 3 heteroatoms. The Morgan fingerprint density at radius 2 is 2.24 bits per heavy atom. The number of nitriles is 1. The van der Waals surface area contributed by atoms with Crippen molar-refractivity contribution in [3.63, 3.8) is 0 Å². The number of pyridine rings is 1. The third-order valence-electron chi connectivity index (χ3n) is 3.12. The Labute approximate surface area is 107 Å². The second-order valence-electron chi connectivity index (χ2n) is 4.47. The SMILES string of the molecule is CCCCSc1nc2c(cc1C#N)CCCC2. The minimum absolute atomic E-state index is 0.770. The number of hydrogen-bond donors (Lipinski definition) is 0. The summed E-state index contributed by atoms with van der Waals surface area (Å²) in [5.74, 6) is 1.07. The normalized spacial score (nSPS) is 14.1. The van der Waals surface area contributed by atoms with Crippen LogP contribution >= 0.6 is 11.8 Å². The van der Waals surface area contributed by atoms with Gasteiger partial charge in [0.05, 0.1) is 5.56 Å². The number of nitrogens with zero attached hydrogens (tertiary/aromatic N) is 2. The van der Waals surface area contributed by atoms with Crippen LogP contribution in [0.5, 0.6) is 0 Å². The molecule has 17 heavy (non-hydrogen) atoms. The van der Waals surface area contributed by atoms with E-state index in [1.165, 1.54) is 36.9 Å². The zero-order valence-electron chi connectivity index (χ0n) is 10.3. The van der Waals surface area contributed by atoms with E-state index in [0.717, 1.165) is 29.2 Å². The summed E-state index contributed by atoms with van der Waals surface area (Å²) < 4.78 is 0. The van der Waals surface area contributed by atoms with Gasteiger partial charge in [-0.2, -0.15) is 5.26 Å².